The number of hydrogen-bond donors (Lipinski definition) is 0. The van der Waals surface area contributed by atoms with Crippen molar-refractivity contribution in [3.8, 4) is 0 Å². The zero-order valence-electron chi connectivity index (χ0n) is 22.3. The molecular formula is C27H29F4N3O5. The molecule has 1 amide bonds. The molecule has 210 valence electrons. The number of esters is 1. The highest BCUT2D eigenvalue weighted by Crippen LogP contribution is 2.44. The maximum Gasteiger partial charge on any atom is 0.416 e. The van der Waals surface area contributed by atoms with Gasteiger partial charge >= 0.3 is 12.1 Å². The first-order valence-corrected chi connectivity index (χ1v) is 11.9. The zero-order chi connectivity index (χ0) is 29.1. The molecule has 0 radical (unpaired) electrons. The van der Waals surface area contributed by atoms with Crippen LogP contribution in [0.5, 0.6) is 0 Å². The van der Waals surface area contributed by atoms with Gasteiger partial charge in [0.15, 0.2) is 23.3 Å². The molecule has 1 aliphatic rings. The number of carbonyl (C=O) groups excluding carboxylic acids is 2. The van der Waals surface area contributed by atoms with Gasteiger partial charge in [0.2, 0.25) is 0 Å². The summed E-state index contributed by atoms with van der Waals surface area (Å²) in [4.78, 5) is 36.2. The lowest BCUT2D eigenvalue weighted by molar-refractivity contribution is -0.150. The van der Waals surface area contributed by atoms with E-state index in [1.807, 2.05) is 0 Å². The van der Waals surface area contributed by atoms with E-state index >= 15 is 4.39 Å². The normalized spacial score (nSPS) is 21.6. The van der Waals surface area contributed by atoms with E-state index in [9.17, 15) is 22.8 Å². The summed E-state index contributed by atoms with van der Waals surface area (Å²) in [5, 5.41) is 0. The van der Waals surface area contributed by atoms with Gasteiger partial charge in [-0.3, -0.25) is 14.7 Å². The van der Waals surface area contributed by atoms with Crippen LogP contribution < -0.4 is 0 Å². The van der Waals surface area contributed by atoms with Gasteiger partial charge in [0, 0.05) is 13.2 Å². The summed E-state index contributed by atoms with van der Waals surface area (Å²) in [7, 11) is 2.53. The Morgan fingerprint density at radius 3 is 2.33 bits per heavy atom. The number of aliphatic imine (C=N–C) groups is 1. The van der Waals surface area contributed by atoms with E-state index in [1.54, 1.807) is 20.8 Å². The Kier molecular flexibility index (Phi) is 8.79. The highest BCUT2D eigenvalue weighted by atomic mass is 19.2. The van der Waals surface area contributed by atoms with Gasteiger partial charge in [0.1, 0.15) is 28.6 Å². The van der Waals surface area contributed by atoms with Crippen LogP contribution >= 0.6 is 0 Å². The zero-order valence-corrected chi connectivity index (χ0v) is 22.3. The molecule has 0 bridgehead atoms. The van der Waals surface area contributed by atoms with Gasteiger partial charge in [-0.1, -0.05) is 18.2 Å². The molecule has 1 aromatic carbocycles. The first kappa shape index (κ1) is 29.8. The molecule has 0 fully saturated rings. The lowest BCUT2D eigenvalue weighted by Crippen LogP contribution is -2.60. The molecule has 3 atom stereocenters. The largest absolute Gasteiger partial charge is 0.469 e. The first-order valence-electron chi connectivity index (χ1n) is 11.9. The Bertz CT molecular complexity index is 1310. The molecule has 39 heavy (non-hydrogen) atoms. The summed E-state index contributed by atoms with van der Waals surface area (Å²) >= 11 is 0. The minimum atomic E-state index is -1.76. The molecule has 0 aliphatic carbocycles. The highest BCUT2D eigenvalue weighted by molar-refractivity contribution is 6.07. The van der Waals surface area contributed by atoms with Crippen LogP contribution in [0, 0.1) is 29.2 Å². The van der Waals surface area contributed by atoms with Crippen molar-refractivity contribution >= 4 is 17.9 Å². The lowest BCUT2D eigenvalue weighted by atomic mass is 9.73. The van der Waals surface area contributed by atoms with Crippen LogP contribution in [0.1, 0.15) is 39.0 Å². The van der Waals surface area contributed by atoms with E-state index in [2.05, 4.69) is 9.98 Å². The molecule has 0 N–H and O–H groups in total. The van der Waals surface area contributed by atoms with E-state index < -0.39 is 70.0 Å². The maximum atomic E-state index is 15.1. The van der Waals surface area contributed by atoms with Crippen LogP contribution in [-0.2, 0) is 24.5 Å². The molecule has 3 unspecified atom stereocenters. The number of nitrogens with zero attached hydrogens (tertiary/aromatic N) is 3. The van der Waals surface area contributed by atoms with Crippen molar-refractivity contribution in [1.82, 2.24) is 9.88 Å². The van der Waals surface area contributed by atoms with Crippen molar-refractivity contribution in [3.63, 3.8) is 0 Å². The first-order chi connectivity index (χ1) is 18.2. The van der Waals surface area contributed by atoms with Crippen LogP contribution in [0.4, 0.5) is 22.4 Å². The predicted octanol–water partition coefficient (Wildman–Crippen LogP) is 4.91. The highest BCUT2D eigenvalue weighted by Gasteiger charge is 2.54. The molecule has 12 heteroatoms. The molecule has 0 saturated carbocycles. The number of halogens is 4. The Morgan fingerprint density at radius 2 is 1.77 bits per heavy atom. The number of hydrogen-bond acceptors (Lipinski definition) is 7. The second kappa shape index (κ2) is 11.5. The van der Waals surface area contributed by atoms with Gasteiger partial charge in [-0.05, 0) is 45.4 Å². The van der Waals surface area contributed by atoms with Gasteiger partial charge in [0.25, 0.3) is 0 Å². The average Bonchev–Trinajstić information content (AvgIpc) is 2.84. The number of carbonyl (C=O) groups is 2. The summed E-state index contributed by atoms with van der Waals surface area (Å²) in [5.74, 6) is -7.18. The predicted molar refractivity (Wildman–Crippen MR) is 133 cm³/mol. The number of aromatic nitrogens is 1. The smallest absolute Gasteiger partial charge is 0.416 e. The summed E-state index contributed by atoms with van der Waals surface area (Å²) in [6, 6.07) is 2.18. The van der Waals surface area contributed by atoms with Crippen molar-refractivity contribution < 1.29 is 41.4 Å². The SMILES string of the molecule is COC/C=C/C1C(C(=O)OC)C(C)(c2ccc(F)c(F)c2)N=C(c2ncc(F)cc2F)N1C(=O)OC(C)(C)C. The maximum absolute atomic E-state index is 15.1. The number of ether oxygens (including phenoxy) is 3. The molecule has 1 aliphatic heterocycles. The van der Waals surface area contributed by atoms with Crippen molar-refractivity contribution in [3.05, 3.63) is 77.1 Å². The average molecular weight is 552 g/mol. The van der Waals surface area contributed by atoms with Crippen LogP contribution in [0.3, 0.4) is 0 Å². The fourth-order valence-electron chi connectivity index (χ4n) is 4.27. The molecule has 8 nitrogen and oxygen atoms in total. The Labute approximate surface area is 223 Å². The molecule has 0 spiro atoms. The van der Waals surface area contributed by atoms with Crippen LogP contribution in [0.25, 0.3) is 0 Å². The van der Waals surface area contributed by atoms with E-state index in [4.69, 9.17) is 14.2 Å². The van der Waals surface area contributed by atoms with Gasteiger partial charge in [-0.15, -0.1) is 0 Å². The summed E-state index contributed by atoms with van der Waals surface area (Å²) in [6.07, 6.45) is 2.63. The summed E-state index contributed by atoms with van der Waals surface area (Å²) < 4.78 is 72.9. The van der Waals surface area contributed by atoms with Crippen molar-refractivity contribution in [1.29, 1.82) is 0 Å². The summed E-state index contributed by atoms with van der Waals surface area (Å²) in [5.41, 5.74) is -3.31. The van der Waals surface area contributed by atoms with Crippen LogP contribution in [0.15, 0.2) is 47.6 Å². The number of amidine groups is 1. The Hall–Kier alpha value is -3.80. The standard InChI is InChI=1S/C27H29F4N3O5/c1-26(2,3)39-25(36)34-20(8-7-11-37-5)21(24(35)38-6)27(4,15-9-10-17(29)18(30)12-15)33-23(34)22-19(31)13-16(28)14-32-22/h7-10,12-14,20-21H,11H2,1-6H3/b8-7+. The van der Waals surface area contributed by atoms with Crippen molar-refractivity contribution in [2.75, 3.05) is 20.8 Å². The summed E-state index contributed by atoms with van der Waals surface area (Å²) in [6.45, 7) is 6.28. The van der Waals surface area contributed by atoms with E-state index in [0.29, 0.717) is 6.07 Å². The second-order valence-electron chi connectivity index (χ2n) is 9.92. The lowest BCUT2D eigenvalue weighted by Gasteiger charge is -2.46. The van der Waals surface area contributed by atoms with Crippen molar-refractivity contribution in [2.45, 2.75) is 44.9 Å². The minimum Gasteiger partial charge on any atom is -0.469 e. The molecule has 1 aromatic heterocycles. The molecule has 2 aromatic rings. The molecular weight excluding hydrogens is 522 g/mol. The quantitative estimate of drug-likeness (QED) is 0.288. The van der Waals surface area contributed by atoms with Crippen LogP contribution in [0.2, 0.25) is 0 Å². The number of amides is 1. The molecule has 3 rings (SSSR count). The number of rotatable bonds is 6. The third-order valence-electron chi connectivity index (χ3n) is 5.98. The molecule has 0 saturated heterocycles. The second-order valence-corrected chi connectivity index (χ2v) is 9.92. The van der Waals surface area contributed by atoms with Gasteiger partial charge in [0.05, 0.1) is 26.0 Å². The Balaban J connectivity index is 2.44. The fraction of sp³-hybridized carbons (Fsp3) is 0.407. The topological polar surface area (TPSA) is 90.3 Å². The third kappa shape index (κ3) is 6.27. The number of benzene rings is 1. The minimum absolute atomic E-state index is 0.0193. The Morgan fingerprint density at radius 1 is 1.08 bits per heavy atom. The van der Waals surface area contributed by atoms with E-state index in [-0.39, 0.29) is 12.2 Å². The monoisotopic (exact) mass is 551 g/mol. The van der Waals surface area contributed by atoms with Gasteiger partial charge < -0.3 is 14.2 Å². The van der Waals surface area contributed by atoms with E-state index in [1.165, 1.54) is 32.3 Å². The number of methoxy groups -OCH3 is 2. The van der Waals surface area contributed by atoms with Gasteiger partial charge in [-0.25, -0.2) is 27.3 Å². The third-order valence-corrected chi connectivity index (χ3v) is 5.98. The molecule has 2 heterocycles. The van der Waals surface area contributed by atoms with Crippen LogP contribution in [-0.4, -0.2) is 60.3 Å². The van der Waals surface area contributed by atoms with Crippen molar-refractivity contribution in [2.24, 2.45) is 10.9 Å². The van der Waals surface area contributed by atoms with E-state index in [0.717, 1.165) is 30.3 Å². The fourth-order valence-corrected chi connectivity index (χ4v) is 4.27. The number of pyridine rings is 1. The van der Waals surface area contributed by atoms with Gasteiger partial charge in [-0.2, -0.15) is 0 Å².